The van der Waals surface area contributed by atoms with Gasteiger partial charge in [0.15, 0.2) is 0 Å². The summed E-state index contributed by atoms with van der Waals surface area (Å²) in [6.45, 7) is 1.46. The van der Waals surface area contributed by atoms with E-state index in [-0.39, 0.29) is 6.10 Å². The molecule has 0 amide bonds. The van der Waals surface area contributed by atoms with E-state index < -0.39 is 0 Å². The summed E-state index contributed by atoms with van der Waals surface area (Å²) < 4.78 is 15.9. The van der Waals surface area contributed by atoms with Gasteiger partial charge in [0.2, 0.25) is 5.88 Å². The molecule has 1 unspecified atom stereocenters. The average molecular weight is 195 g/mol. The monoisotopic (exact) mass is 195 g/mol. The molecule has 1 saturated heterocycles. The van der Waals surface area contributed by atoms with Crippen molar-refractivity contribution in [2.45, 2.75) is 12.5 Å². The van der Waals surface area contributed by atoms with Crippen LogP contribution < -0.4 is 9.47 Å². The third kappa shape index (κ3) is 2.14. The summed E-state index contributed by atoms with van der Waals surface area (Å²) in [7, 11) is 1.59. The second-order valence-corrected chi connectivity index (χ2v) is 3.14. The predicted molar refractivity (Wildman–Crippen MR) is 50.6 cm³/mol. The van der Waals surface area contributed by atoms with E-state index in [0.717, 1.165) is 18.8 Å². The minimum absolute atomic E-state index is 0.169. The van der Waals surface area contributed by atoms with Crippen LogP contribution in [0, 0.1) is 0 Å². The van der Waals surface area contributed by atoms with Crippen molar-refractivity contribution in [1.82, 2.24) is 4.98 Å². The Hall–Kier alpha value is -1.29. The van der Waals surface area contributed by atoms with Crippen molar-refractivity contribution in [3.8, 4) is 11.6 Å². The zero-order valence-corrected chi connectivity index (χ0v) is 8.10. The summed E-state index contributed by atoms with van der Waals surface area (Å²) in [6, 6.07) is 3.60. The molecule has 1 aliphatic heterocycles. The average Bonchev–Trinajstić information content (AvgIpc) is 2.71. The zero-order chi connectivity index (χ0) is 9.80. The molecule has 2 heterocycles. The van der Waals surface area contributed by atoms with Gasteiger partial charge in [-0.2, -0.15) is 0 Å². The summed E-state index contributed by atoms with van der Waals surface area (Å²) in [6.07, 6.45) is 2.79. The first kappa shape index (κ1) is 9.27. The van der Waals surface area contributed by atoms with Gasteiger partial charge in [0.05, 0.1) is 20.3 Å². The van der Waals surface area contributed by atoms with Crippen LogP contribution >= 0.6 is 0 Å². The van der Waals surface area contributed by atoms with Gasteiger partial charge in [-0.05, 0) is 6.07 Å². The molecule has 0 spiro atoms. The summed E-state index contributed by atoms with van der Waals surface area (Å²) in [5.74, 6) is 1.36. The van der Waals surface area contributed by atoms with Crippen molar-refractivity contribution in [2.24, 2.45) is 0 Å². The van der Waals surface area contributed by atoms with Crippen molar-refractivity contribution in [3.63, 3.8) is 0 Å². The van der Waals surface area contributed by atoms with E-state index in [9.17, 15) is 0 Å². The van der Waals surface area contributed by atoms with Crippen molar-refractivity contribution in [2.75, 3.05) is 20.3 Å². The first-order chi connectivity index (χ1) is 6.88. The lowest BCUT2D eigenvalue weighted by atomic mass is 10.3. The quantitative estimate of drug-likeness (QED) is 0.728. The molecular formula is C10H13NO3. The Morgan fingerprint density at radius 1 is 1.57 bits per heavy atom. The van der Waals surface area contributed by atoms with Gasteiger partial charge in [-0.15, -0.1) is 0 Å². The third-order valence-electron chi connectivity index (χ3n) is 2.11. The fraction of sp³-hybridized carbons (Fsp3) is 0.500. The van der Waals surface area contributed by atoms with E-state index in [2.05, 4.69) is 4.98 Å². The molecule has 4 nitrogen and oxygen atoms in total. The Labute approximate surface area is 82.8 Å². The summed E-state index contributed by atoms with van der Waals surface area (Å²) in [5, 5.41) is 0. The van der Waals surface area contributed by atoms with E-state index >= 15 is 0 Å². The van der Waals surface area contributed by atoms with Gasteiger partial charge in [0.25, 0.3) is 0 Å². The molecular weight excluding hydrogens is 182 g/mol. The van der Waals surface area contributed by atoms with Gasteiger partial charge in [-0.1, -0.05) is 0 Å². The lowest BCUT2D eigenvalue weighted by Crippen LogP contribution is -2.15. The van der Waals surface area contributed by atoms with E-state index in [4.69, 9.17) is 14.2 Å². The number of aromatic nitrogens is 1. The second-order valence-electron chi connectivity index (χ2n) is 3.14. The zero-order valence-electron chi connectivity index (χ0n) is 8.10. The Bertz CT molecular complexity index is 297. The number of rotatable bonds is 3. The van der Waals surface area contributed by atoms with E-state index in [1.54, 1.807) is 19.4 Å². The Kier molecular flexibility index (Phi) is 2.84. The molecule has 0 aliphatic carbocycles. The molecule has 0 aromatic carbocycles. The first-order valence-corrected chi connectivity index (χ1v) is 4.63. The lowest BCUT2D eigenvalue weighted by Gasteiger charge is -2.11. The van der Waals surface area contributed by atoms with Crippen LogP contribution in [0.4, 0.5) is 0 Å². The molecule has 0 saturated carbocycles. The molecule has 1 aromatic heterocycles. The Morgan fingerprint density at radius 2 is 2.50 bits per heavy atom. The normalized spacial score (nSPS) is 20.8. The van der Waals surface area contributed by atoms with Crippen LogP contribution in [0.15, 0.2) is 18.3 Å². The number of hydrogen-bond acceptors (Lipinski definition) is 4. The van der Waals surface area contributed by atoms with Crippen molar-refractivity contribution in [1.29, 1.82) is 0 Å². The molecule has 0 N–H and O–H groups in total. The minimum atomic E-state index is 0.169. The van der Waals surface area contributed by atoms with Gasteiger partial charge in [-0.3, -0.25) is 0 Å². The second kappa shape index (κ2) is 4.28. The van der Waals surface area contributed by atoms with Crippen molar-refractivity contribution in [3.05, 3.63) is 18.3 Å². The standard InChI is InChI=1S/C10H13NO3/c1-12-10-6-8(2-4-11-10)14-9-3-5-13-7-9/h2,4,6,9H,3,5,7H2,1H3. The molecule has 0 bridgehead atoms. The topological polar surface area (TPSA) is 40.6 Å². The molecule has 2 rings (SSSR count). The Balaban J connectivity index is 2.00. The number of methoxy groups -OCH3 is 1. The van der Waals surface area contributed by atoms with Crippen LogP contribution in [0.1, 0.15) is 6.42 Å². The molecule has 1 fully saturated rings. The van der Waals surface area contributed by atoms with E-state index in [1.165, 1.54) is 0 Å². The van der Waals surface area contributed by atoms with E-state index in [0.29, 0.717) is 12.5 Å². The molecule has 1 atom stereocenters. The fourth-order valence-corrected chi connectivity index (χ4v) is 1.37. The highest BCUT2D eigenvalue weighted by Crippen LogP contribution is 2.19. The minimum Gasteiger partial charge on any atom is -0.488 e. The van der Waals surface area contributed by atoms with Gasteiger partial charge in [0.1, 0.15) is 11.9 Å². The number of ether oxygens (including phenoxy) is 3. The van der Waals surface area contributed by atoms with Crippen LogP contribution in [-0.4, -0.2) is 31.4 Å². The van der Waals surface area contributed by atoms with Crippen molar-refractivity contribution >= 4 is 0 Å². The van der Waals surface area contributed by atoms with Crippen LogP contribution in [0.25, 0.3) is 0 Å². The van der Waals surface area contributed by atoms with Crippen LogP contribution in [0.2, 0.25) is 0 Å². The molecule has 1 aliphatic rings. The third-order valence-corrected chi connectivity index (χ3v) is 2.11. The highest BCUT2D eigenvalue weighted by atomic mass is 16.5. The maximum absolute atomic E-state index is 5.67. The van der Waals surface area contributed by atoms with Crippen LogP contribution in [0.3, 0.4) is 0 Å². The fourth-order valence-electron chi connectivity index (χ4n) is 1.37. The summed E-state index contributed by atoms with van der Waals surface area (Å²) in [5.41, 5.74) is 0. The smallest absolute Gasteiger partial charge is 0.216 e. The van der Waals surface area contributed by atoms with Crippen LogP contribution in [0.5, 0.6) is 11.6 Å². The molecule has 1 aromatic rings. The molecule has 4 heteroatoms. The predicted octanol–water partition coefficient (Wildman–Crippen LogP) is 1.26. The molecule has 14 heavy (non-hydrogen) atoms. The van der Waals surface area contributed by atoms with Crippen LogP contribution in [-0.2, 0) is 4.74 Å². The summed E-state index contributed by atoms with van der Waals surface area (Å²) in [4.78, 5) is 4.00. The van der Waals surface area contributed by atoms with E-state index in [1.807, 2.05) is 6.07 Å². The first-order valence-electron chi connectivity index (χ1n) is 4.63. The number of hydrogen-bond donors (Lipinski definition) is 0. The maximum Gasteiger partial charge on any atom is 0.216 e. The van der Waals surface area contributed by atoms with Gasteiger partial charge < -0.3 is 14.2 Å². The molecule has 76 valence electrons. The SMILES string of the molecule is COc1cc(OC2CCOC2)ccn1. The Morgan fingerprint density at radius 3 is 3.21 bits per heavy atom. The number of nitrogens with zero attached hydrogens (tertiary/aromatic N) is 1. The summed E-state index contributed by atoms with van der Waals surface area (Å²) >= 11 is 0. The number of pyridine rings is 1. The molecule has 0 radical (unpaired) electrons. The highest BCUT2D eigenvalue weighted by Gasteiger charge is 2.17. The van der Waals surface area contributed by atoms with Gasteiger partial charge >= 0.3 is 0 Å². The van der Waals surface area contributed by atoms with Gasteiger partial charge in [-0.25, -0.2) is 4.98 Å². The van der Waals surface area contributed by atoms with Crippen molar-refractivity contribution < 1.29 is 14.2 Å². The maximum atomic E-state index is 5.67. The van der Waals surface area contributed by atoms with Gasteiger partial charge in [0, 0.05) is 18.7 Å². The lowest BCUT2D eigenvalue weighted by molar-refractivity contribution is 0.141. The largest absolute Gasteiger partial charge is 0.488 e. The highest BCUT2D eigenvalue weighted by molar-refractivity contribution is 5.26.